The monoisotopic (exact) mass is 321 g/mol. The zero-order chi connectivity index (χ0) is 15.9. The summed E-state index contributed by atoms with van der Waals surface area (Å²) in [6.07, 6.45) is 1.53. The highest BCUT2D eigenvalue weighted by Gasteiger charge is 2.15. The van der Waals surface area contributed by atoms with Crippen LogP contribution in [0.1, 0.15) is 12.7 Å². The summed E-state index contributed by atoms with van der Waals surface area (Å²) in [5, 5.41) is 8.41. The average Bonchev–Trinajstić information content (AvgIpc) is 3.00. The first-order valence-electron chi connectivity index (χ1n) is 6.68. The number of rotatable bonds is 5. The van der Waals surface area contributed by atoms with Crippen LogP contribution in [0.5, 0.6) is 0 Å². The van der Waals surface area contributed by atoms with Gasteiger partial charge in [-0.2, -0.15) is 0 Å². The lowest BCUT2D eigenvalue weighted by molar-refractivity contribution is -0.122. The van der Waals surface area contributed by atoms with E-state index in [9.17, 15) is 9.59 Å². The van der Waals surface area contributed by atoms with Gasteiger partial charge < -0.3 is 20.4 Å². The second-order valence-corrected chi connectivity index (χ2v) is 5.06. The van der Waals surface area contributed by atoms with Crippen molar-refractivity contribution in [2.24, 2.45) is 0 Å². The van der Waals surface area contributed by atoms with Gasteiger partial charge in [0.2, 0.25) is 5.91 Å². The van der Waals surface area contributed by atoms with Gasteiger partial charge in [0.25, 0.3) is 0 Å². The van der Waals surface area contributed by atoms with E-state index in [1.54, 1.807) is 43.3 Å². The van der Waals surface area contributed by atoms with Crippen LogP contribution in [-0.2, 0) is 11.3 Å². The molecular weight excluding hydrogens is 306 g/mol. The van der Waals surface area contributed by atoms with Crippen LogP contribution in [0.2, 0.25) is 5.02 Å². The van der Waals surface area contributed by atoms with Crippen molar-refractivity contribution in [3.05, 3.63) is 53.4 Å². The first-order chi connectivity index (χ1) is 10.5. The molecule has 0 aliphatic carbocycles. The molecule has 22 heavy (non-hydrogen) atoms. The number of hydrogen-bond acceptors (Lipinski definition) is 3. The van der Waals surface area contributed by atoms with Gasteiger partial charge in [0, 0.05) is 10.7 Å². The number of nitrogens with one attached hydrogen (secondary N) is 3. The first kappa shape index (κ1) is 15.9. The van der Waals surface area contributed by atoms with Crippen molar-refractivity contribution >= 4 is 29.2 Å². The van der Waals surface area contributed by atoms with E-state index in [0.717, 1.165) is 0 Å². The Balaban J connectivity index is 1.77. The number of carbonyl (C=O) groups excluding carboxylic acids is 2. The summed E-state index contributed by atoms with van der Waals surface area (Å²) in [6.45, 7) is 1.87. The maximum atomic E-state index is 11.9. The quantitative estimate of drug-likeness (QED) is 0.791. The van der Waals surface area contributed by atoms with Crippen LogP contribution in [0.4, 0.5) is 10.5 Å². The lowest BCUT2D eigenvalue weighted by atomic mass is 10.3. The topological polar surface area (TPSA) is 83.4 Å². The SMILES string of the molecule is C[C@H](NC(=O)Nc1ccc(Cl)cc1)C(=O)NCc1ccco1. The molecule has 0 fully saturated rings. The Morgan fingerprint density at radius 1 is 1.23 bits per heavy atom. The Morgan fingerprint density at radius 2 is 1.95 bits per heavy atom. The van der Waals surface area contributed by atoms with E-state index in [-0.39, 0.29) is 12.5 Å². The molecule has 7 heteroatoms. The Hall–Kier alpha value is -2.47. The van der Waals surface area contributed by atoms with Crippen molar-refractivity contribution < 1.29 is 14.0 Å². The molecule has 3 N–H and O–H groups in total. The number of benzene rings is 1. The van der Waals surface area contributed by atoms with Gasteiger partial charge in [-0.05, 0) is 43.3 Å². The number of urea groups is 1. The van der Waals surface area contributed by atoms with E-state index < -0.39 is 12.1 Å². The minimum absolute atomic E-state index is 0.274. The van der Waals surface area contributed by atoms with Crippen LogP contribution in [0.3, 0.4) is 0 Å². The van der Waals surface area contributed by atoms with Crippen molar-refractivity contribution in [1.29, 1.82) is 0 Å². The molecule has 0 spiro atoms. The van der Waals surface area contributed by atoms with Crippen molar-refractivity contribution in [3.8, 4) is 0 Å². The zero-order valence-corrected chi connectivity index (χ0v) is 12.7. The standard InChI is InChI=1S/C15H16ClN3O3/c1-10(14(20)17-9-13-3-2-8-22-13)18-15(21)19-12-6-4-11(16)5-7-12/h2-8,10H,9H2,1H3,(H,17,20)(H2,18,19,21)/t10-/m0/s1. The summed E-state index contributed by atoms with van der Waals surface area (Å²) >= 11 is 5.76. The number of halogens is 1. The number of hydrogen-bond donors (Lipinski definition) is 3. The zero-order valence-electron chi connectivity index (χ0n) is 11.9. The number of furan rings is 1. The second kappa shape index (κ2) is 7.51. The third-order valence-electron chi connectivity index (χ3n) is 2.86. The summed E-state index contributed by atoms with van der Waals surface area (Å²) in [4.78, 5) is 23.6. The van der Waals surface area contributed by atoms with E-state index >= 15 is 0 Å². The molecule has 0 aliphatic heterocycles. The molecule has 0 aliphatic rings. The van der Waals surface area contributed by atoms with E-state index in [2.05, 4.69) is 16.0 Å². The molecule has 3 amide bonds. The van der Waals surface area contributed by atoms with Crippen LogP contribution in [0.15, 0.2) is 47.1 Å². The highest BCUT2D eigenvalue weighted by atomic mass is 35.5. The van der Waals surface area contributed by atoms with E-state index in [1.807, 2.05) is 0 Å². The Labute approximate surface area is 132 Å². The predicted octanol–water partition coefficient (Wildman–Crippen LogP) is 2.76. The van der Waals surface area contributed by atoms with Gasteiger partial charge in [-0.25, -0.2) is 4.79 Å². The van der Waals surface area contributed by atoms with Crippen molar-refractivity contribution in [2.75, 3.05) is 5.32 Å². The van der Waals surface area contributed by atoms with Crippen LogP contribution in [0.25, 0.3) is 0 Å². The van der Waals surface area contributed by atoms with Crippen LogP contribution < -0.4 is 16.0 Å². The molecule has 0 radical (unpaired) electrons. The van der Waals surface area contributed by atoms with Crippen LogP contribution in [-0.4, -0.2) is 18.0 Å². The third kappa shape index (κ3) is 4.82. The fourth-order valence-corrected chi connectivity index (χ4v) is 1.83. The van der Waals surface area contributed by atoms with Gasteiger partial charge in [0.05, 0.1) is 12.8 Å². The molecule has 1 aromatic carbocycles. The van der Waals surface area contributed by atoms with Gasteiger partial charge in [-0.1, -0.05) is 11.6 Å². The van der Waals surface area contributed by atoms with Crippen molar-refractivity contribution in [1.82, 2.24) is 10.6 Å². The predicted molar refractivity (Wildman–Crippen MR) is 83.6 cm³/mol. The largest absolute Gasteiger partial charge is 0.467 e. The highest BCUT2D eigenvalue weighted by molar-refractivity contribution is 6.30. The summed E-state index contributed by atoms with van der Waals surface area (Å²) in [7, 11) is 0. The van der Waals surface area contributed by atoms with Crippen molar-refractivity contribution in [2.45, 2.75) is 19.5 Å². The maximum absolute atomic E-state index is 11.9. The fraction of sp³-hybridized carbons (Fsp3) is 0.200. The molecule has 1 aromatic heterocycles. The van der Waals surface area contributed by atoms with Gasteiger partial charge in [-0.15, -0.1) is 0 Å². The summed E-state index contributed by atoms with van der Waals surface area (Å²) in [6, 6.07) is 9.01. The molecule has 6 nitrogen and oxygen atoms in total. The minimum Gasteiger partial charge on any atom is -0.467 e. The van der Waals surface area contributed by atoms with Gasteiger partial charge in [-0.3, -0.25) is 4.79 Å². The molecule has 2 rings (SSSR count). The molecule has 0 saturated heterocycles. The van der Waals surface area contributed by atoms with E-state index in [4.69, 9.17) is 16.0 Å². The van der Waals surface area contributed by atoms with Gasteiger partial charge >= 0.3 is 6.03 Å². The van der Waals surface area contributed by atoms with Gasteiger partial charge in [0.1, 0.15) is 11.8 Å². The molecule has 1 atom stereocenters. The number of carbonyl (C=O) groups is 2. The third-order valence-corrected chi connectivity index (χ3v) is 3.11. The Bertz CT molecular complexity index is 626. The molecule has 0 saturated carbocycles. The highest BCUT2D eigenvalue weighted by Crippen LogP contribution is 2.13. The maximum Gasteiger partial charge on any atom is 0.319 e. The van der Waals surface area contributed by atoms with Crippen LogP contribution >= 0.6 is 11.6 Å². The molecular formula is C15H16ClN3O3. The number of anilines is 1. The summed E-state index contributed by atoms with van der Waals surface area (Å²) in [5.41, 5.74) is 0.588. The molecule has 1 heterocycles. The number of amides is 3. The normalized spacial score (nSPS) is 11.5. The average molecular weight is 322 g/mol. The fourth-order valence-electron chi connectivity index (χ4n) is 1.70. The second-order valence-electron chi connectivity index (χ2n) is 4.62. The lowest BCUT2D eigenvalue weighted by Gasteiger charge is -2.14. The van der Waals surface area contributed by atoms with Gasteiger partial charge in [0.15, 0.2) is 0 Å². The minimum atomic E-state index is -0.678. The molecule has 116 valence electrons. The molecule has 0 bridgehead atoms. The smallest absolute Gasteiger partial charge is 0.319 e. The molecule has 2 aromatic rings. The molecule has 0 unspecified atom stereocenters. The van der Waals surface area contributed by atoms with E-state index in [0.29, 0.717) is 16.5 Å². The summed E-state index contributed by atoms with van der Waals surface area (Å²) in [5.74, 6) is 0.342. The first-order valence-corrected chi connectivity index (χ1v) is 7.05. The Morgan fingerprint density at radius 3 is 2.59 bits per heavy atom. The summed E-state index contributed by atoms with van der Waals surface area (Å²) < 4.78 is 5.11. The Kier molecular flexibility index (Phi) is 5.43. The van der Waals surface area contributed by atoms with E-state index in [1.165, 1.54) is 6.26 Å². The van der Waals surface area contributed by atoms with Crippen molar-refractivity contribution in [3.63, 3.8) is 0 Å². The lowest BCUT2D eigenvalue weighted by Crippen LogP contribution is -2.46. The van der Waals surface area contributed by atoms with Crippen LogP contribution in [0, 0.1) is 0 Å².